The van der Waals surface area contributed by atoms with Crippen molar-refractivity contribution in [3.63, 3.8) is 0 Å². The van der Waals surface area contributed by atoms with Crippen molar-refractivity contribution in [3.8, 4) is 0 Å². The van der Waals surface area contributed by atoms with Crippen LogP contribution in [0.2, 0.25) is 0 Å². The zero-order valence-electron chi connectivity index (χ0n) is 11.1. The number of benzene rings is 1. The summed E-state index contributed by atoms with van der Waals surface area (Å²) in [4.78, 5) is 0. The van der Waals surface area contributed by atoms with Gasteiger partial charge in [-0.25, -0.2) is 12.8 Å². The molecule has 0 atom stereocenters. The summed E-state index contributed by atoms with van der Waals surface area (Å²) >= 11 is 0. The van der Waals surface area contributed by atoms with Crippen LogP contribution in [-0.4, -0.2) is 37.5 Å². The minimum absolute atomic E-state index is 0.0212. The molecule has 112 valence electrons. The third-order valence-corrected chi connectivity index (χ3v) is 4.51. The van der Waals surface area contributed by atoms with Crippen LogP contribution < -0.4 is 11.1 Å². The van der Waals surface area contributed by atoms with Gasteiger partial charge in [0.25, 0.3) is 0 Å². The van der Waals surface area contributed by atoms with Crippen LogP contribution in [-0.2, 0) is 16.4 Å². The van der Waals surface area contributed by atoms with Crippen molar-refractivity contribution in [2.75, 3.05) is 18.1 Å². The van der Waals surface area contributed by atoms with Crippen LogP contribution >= 0.6 is 0 Å². The maximum Gasteiger partial charge on any atom is 0.170 e. The standard InChI is InChI=1S/C12H18FN3O3S/c1-2-20(18,19)6-5-15-8-10-4-3-9(7-11(10)13)12(14)16-17/h3-4,7,15,17H,2,5-6,8H2,1H3,(H2,14,16). The van der Waals surface area contributed by atoms with Crippen molar-refractivity contribution in [2.45, 2.75) is 13.5 Å². The Kier molecular flexibility index (Phi) is 5.90. The summed E-state index contributed by atoms with van der Waals surface area (Å²) in [6.45, 7) is 2.06. The maximum atomic E-state index is 13.7. The van der Waals surface area contributed by atoms with Gasteiger partial charge in [-0.15, -0.1) is 0 Å². The number of rotatable bonds is 7. The Morgan fingerprint density at radius 3 is 2.75 bits per heavy atom. The van der Waals surface area contributed by atoms with Crippen LogP contribution in [0, 0.1) is 5.82 Å². The fraction of sp³-hybridized carbons (Fsp3) is 0.417. The number of hydrogen-bond acceptors (Lipinski definition) is 5. The average molecular weight is 303 g/mol. The fourth-order valence-electron chi connectivity index (χ4n) is 1.50. The number of halogens is 1. The SMILES string of the molecule is CCS(=O)(=O)CCNCc1ccc(/C(N)=N/O)cc1F. The van der Waals surface area contributed by atoms with E-state index in [1.54, 1.807) is 6.92 Å². The lowest BCUT2D eigenvalue weighted by Crippen LogP contribution is -2.24. The minimum Gasteiger partial charge on any atom is -0.409 e. The van der Waals surface area contributed by atoms with Crippen molar-refractivity contribution < 1.29 is 18.0 Å². The summed E-state index contributed by atoms with van der Waals surface area (Å²) < 4.78 is 36.3. The van der Waals surface area contributed by atoms with Gasteiger partial charge in [-0.3, -0.25) is 0 Å². The van der Waals surface area contributed by atoms with Crippen LogP contribution in [0.1, 0.15) is 18.1 Å². The summed E-state index contributed by atoms with van der Waals surface area (Å²) in [5.74, 6) is -0.553. The van der Waals surface area contributed by atoms with Crippen LogP contribution in [0.5, 0.6) is 0 Å². The number of hydrogen-bond donors (Lipinski definition) is 3. The average Bonchev–Trinajstić information content (AvgIpc) is 2.44. The molecule has 1 rings (SSSR count). The Balaban J connectivity index is 2.58. The van der Waals surface area contributed by atoms with Gasteiger partial charge in [0.05, 0.1) is 5.75 Å². The molecule has 0 heterocycles. The molecule has 0 unspecified atom stereocenters. The molecule has 0 aromatic heterocycles. The van der Waals surface area contributed by atoms with Crippen molar-refractivity contribution in [1.29, 1.82) is 0 Å². The monoisotopic (exact) mass is 303 g/mol. The molecule has 0 saturated heterocycles. The predicted octanol–water partition coefficient (Wildman–Crippen LogP) is 0.445. The Morgan fingerprint density at radius 1 is 1.50 bits per heavy atom. The molecule has 0 aliphatic rings. The molecule has 0 fully saturated rings. The highest BCUT2D eigenvalue weighted by Gasteiger charge is 2.08. The highest BCUT2D eigenvalue weighted by Crippen LogP contribution is 2.10. The molecule has 0 saturated carbocycles. The van der Waals surface area contributed by atoms with Crippen molar-refractivity contribution in [2.24, 2.45) is 10.9 Å². The first-order chi connectivity index (χ1) is 9.39. The van der Waals surface area contributed by atoms with Gasteiger partial charge in [-0.2, -0.15) is 0 Å². The molecule has 20 heavy (non-hydrogen) atoms. The fourth-order valence-corrected chi connectivity index (χ4v) is 2.25. The number of nitrogens with one attached hydrogen (secondary N) is 1. The van der Waals surface area contributed by atoms with Gasteiger partial charge in [0.2, 0.25) is 0 Å². The normalized spacial score (nSPS) is 12.6. The second-order valence-electron chi connectivity index (χ2n) is 4.20. The lowest BCUT2D eigenvalue weighted by Gasteiger charge is -2.07. The lowest BCUT2D eigenvalue weighted by atomic mass is 10.1. The van der Waals surface area contributed by atoms with E-state index in [1.807, 2.05) is 0 Å². The quantitative estimate of drug-likeness (QED) is 0.223. The molecule has 0 spiro atoms. The molecular weight excluding hydrogens is 285 g/mol. The number of sulfone groups is 1. The number of nitrogens with zero attached hydrogens (tertiary/aromatic N) is 1. The molecule has 8 heteroatoms. The highest BCUT2D eigenvalue weighted by atomic mass is 32.2. The molecule has 1 aromatic rings. The van der Waals surface area contributed by atoms with Gasteiger partial charge < -0.3 is 16.3 Å². The Hall–Kier alpha value is -1.67. The number of amidine groups is 1. The van der Waals surface area contributed by atoms with Crippen LogP contribution in [0.15, 0.2) is 23.4 Å². The molecule has 4 N–H and O–H groups in total. The molecule has 0 radical (unpaired) electrons. The summed E-state index contributed by atoms with van der Waals surface area (Å²) in [7, 11) is -3.02. The van der Waals surface area contributed by atoms with E-state index in [-0.39, 0.29) is 36.0 Å². The van der Waals surface area contributed by atoms with Crippen LogP contribution in [0.3, 0.4) is 0 Å². The first kappa shape index (κ1) is 16.4. The highest BCUT2D eigenvalue weighted by molar-refractivity contribution is 7.91. The van der Waals surface area contributed by atoms with Crippen LogP contribution in [0.4, 0.5) is 4.39 Å². The topological polar surface area (TPSA) is 105 Å². The summed E-state index contributed by atoms with van der Waals surface area (Å²) in [5, 5.41) is 14.1. The van der Waals surface area contributed by atoms with E-state index in [4.69, 9.17) is 10.9 Å². The van der Waals surface area contributed by atoms with Gasteiger partial charge in [0.1, 0.15) is 5.82 Å². The number of oxime groups is 1. The third-order valence-electron chi connectivity index (χ3n) is 2.80. The predicted molar refractivity (Wildman–Crippen MR) is 74.9 cm³/mol. The van der Waals surface area contributed by atoms with E-state index in [0.29, 0.717) is 5.56 Å². The molecular formula is C12H18FN3O3S. The Labute approximate surface area is 117 Å². The van der Waals surface area contributed by atoms with E-state index in [1.165, 1.54) is 12.1 Å². The summed E-state index contributed by atoms with van der Waals surface area (Å²) in [6.07, 6.45) is 0. The van der Waals surface area contributed by atoms with E-state index in [0.717, 1.165) is 6.07 Å². The van der Waals surface area contributed by atoms with E-state index in [9.17, 15) is 12.8 Å². The van der Waals surface area contributed by atoms with Gasteiger partial charge in [-0.1, -0.05) is 24.2 Å². The van der Waals surface area contributed by atoms with E-state index >= 15 is 0 Å². The summed E-state index contributed by atoms with van der Waals surface area (Å²) in [5.41, 5.74) is 6.01. The molecule has 0 aliphatic heterocycles. The Bertz CT molecular complexity index is 588. The number of nitrogens with two attached hydrogens (primary N) is 1. The Morgan fingerprint density at radius 2 is 2.20 bits per heavy atom. The van der Waals surface area contributed by atoms with Crippen molar-refractivity contribution >= 4 is 15.7 Å². The molecule has 0 aliphatic carbocycles. The van der Waals surface area contributed by atoms with E-state index < -0.39 is 15.7 Å². The van der Waals surface area contributed by atoms with Crippen molar-refractivity contribution in [3.05, 3.63) is 35.1 Å². The molecule has 0 bridgehead atoms. The largest absolute Gasteiger partial charge is 0.409 e. The molecule has 0 amide bonds. The zero-order valence-corrected chi connectivity index (χ0v) is 12.0. The molecule has 1 aromatic carbocycles. The van der Waals surface area contributed by atoms with Gasteiger partial charge in [-0.05, 0) is 6.07 Å². The first-order valence-corrected chi connectivity index (χ1v) is 7.89. The van der Waals surface area contributed by atoms with Crippen LogP contribution in [0.25, 0.3) is 0 Å². The second-order valence-corrected chi connectivity index (χ2v) is 6.68. The summed E-state index contributed by atoms with van der Waals surface area (Å²) in [6, 6.07) is 4.19. The third kappa shape index (κ3) is 4.78. The smallest absolute Gasteiger partial charge is 0.170 e. The lowest BCUT2D eigenvalue weighted by molar-refractivity contribution is 0.318. The first-order valence-electron chi connectivity index (χ1n) is 6.07. The van der Waals surface area contributed by atoms with E-state index in [2.05, 4.69) is 10.5 Å². The van der Waals surface area contributed by atoms with Gasteiger partial charge in [0, 0.05) is 30.0 Å². The second kappa shape index (κ2) is 7.20. The van der Waals surface area contributed by atoms with Gasteiger partial charge in [0.15, 0.2) is 15.7 Å². The minimum atomic E-state index is -3.02. The van der Waals surface area contributed by atoms with Gasteiger partial charge >= 0.3 is 0 Å². The molecule has 6 nitrogen and oxygen atoms in total. The maximum absolute atomic E-state index is 13.7. The zero-order chi connectivity index (χ0) is 15.2. The van der Waals surface area contributed by atoms with Crippen molar-refractivity contribution in [1.82, 2.24) is 5.32 Å².